The van der Waals surface area contributed by atoms with Crippen molar-refractivity contribution in [3.63, 3.8) is 0 Å². The summed E-state index contributed by atoms with van der Waals surface area (Å²) in [5.74, 6) is 1.71. The third kappa shape index (κ3) is 9.29. The molecule has 0 bridgehead atoms. The third-order valence-corrected chi connectivity index (χ3v) is 15.2. The highest BCUT2D eigenvalue weighted by Crippen LogP contribution is 2.76. The van der Waals surface area contributed by atoms with E-state index in [0.29, 0.717) is 30.4 Å². The predicted octanol–water partition coefficient (Wildman–Crippen LogP) is 11.0. The number of carbonyl (C=O) groups excluding carboxylic acids is 1. The number of carbonyl (C=O) groups is 1. The van der Waals surface area contributed by atoms with Gasteiger partial charge in [-0.3, -0.25) is 14.6 Å². The van der Waals surface area contributed by atoms with Crippen LogP contribution in [0.25, 0.3) is 27.6 Å². The van der Waals surface area contributed by atoms with Crippen LogP contribution >= 0.6 is 0 Å². The second kappa shape index (κ2) is 17.6. The molecule has 332 valence electrons. The summed E-state index contributed by atoms with van der Waals surface area (Å²) < 4.78 is 77.5. The summed E-state index contributed by atoms with van der Waals surface area (Å²) in [6.07, 6.45) is 12.0. The van der Waals surface area contributed by atoms with Crippen LogP contribution in [0.15, 0.2) is 90.2 Å². The summed E-state index contributed by atoms with van der Waals surface area (Å²) in [6.45, 7) is 15.2. The van der Waals surface area contributed by atoms with Crippen LogP contribution in [0.4, 0.5) is 13.2 Å². The normalized spacial score (nSPS) is 23.7. The highest BCUT2D eigenvalue weighted by Gasteiger charge is 2.70. The number of rotatable bonds is 13. The summed E-state index contributed by atoms with van der Waals surface area (Å²) in [5.41, 5.74) is -0.109. The number of alkyl halides is 3. The lowest BCUT2D eigenvalue weighted by molar-refractivity contribution is -0.149. The van der Waals surface area contributed by atoms with Crippen LogP contribution < -0.4 is 4.18 Å². The average molecular weight is 873 g/mol. The smallest absolute Gasteiger partial charge is 0.498 e. The van der Waals surface area contributed by atoms with Crippen LogP contribution in [0.5, 0.6) is 5.75 Å². The third-order valence-electron chi connectivity index (χ3n) is 14.3. The Balaban J connectivity index is 0.893. The van der Waals surface area contributed by atoms with Gasteiger partial charge in [0.2, 0.25) is 0 Å². The largest absolute Gasteiger partial charge is 0.534 e. The van der Waals surface area contributed by atoms with Crippen molar-refractivity contribution in [2.24, 2.45) is 28.6 Å². The van der Waals surface area contributed by atoms with Crippen LogP contribution in [0.3, 0.4) is 0 Å². The number of hydrogen-bond donors (Lipinski definition) is 0. The standard InChI is InChI=1S/C50H59F3N2O6S/c1-5-59-45(38-17-21-54(22-18-38)32-37-9-13-43-29-44(15-14-42(43)28-37)61-62(57,58)50(51,52)53)31-49-30-35(10-16-46(49)48(49,3)4)25-34-7-11-41-27-36(8-12-40(41)26-34)33-55-23-19-39(20-24-55)47(56)60-6-2/h7-9,11-15,25-29,31,38-39,46H,5-6,10,16-24,30,32-33H2,1-4H3/b35-25+,45-31-. The molecule has 0 aromatic heterocycles. The van der Waals surface area contributed by atoms with Crippen molar-refractivity contribution in [2.45, 2.75) is 91.2 Å². The zero-order chi connectivity index (χ0) is 43.9. The number of fused-ring (bicyclic) bond motifs is 3. The number of allylic oxidation sites excluding steroid dienone is 3. The van der Waals surface area contributed by atoms with Gasteiger partial charge in [0.1, 0.15) is 5.75 Å². The number of halogens is 3. The Labute approximate surface area is 364 Å². The minimum absolute atomic E-state index is 0.0225. The van der Waals surface area contributed by atoms with Crippen LogP contribution in [0.1, 0.15) is 89.3 Å². The first-order valence-electron chi connectivity index (χ1n) is 22.3. The lowest BCUT2D eigenvalue weighted by atomic mass is 9.80. The average Bonchev–Trinajstić information content (AvgIpc) is 3.72. The second-order valence-corrected chi connectivity index (χ2v) is 20.0. The fourth-order valence-electron chi connectivity index (χ4n) is 10.7. The van der Waals surface area contributed by atoms with Gasteiger partial charge in [0.15, 0.2) is 0 Å². The SMILES string of the molecule is CCOC(=O)C1CCN(Cc2ccc3cc(/C=C4\CCC5C(C)(C)C5(/C=C(\OCC)C5CCN(Cc6ccc7cc(OS(=O)(=O)C(F)(F)F)ccc7c6)CC5)C4)ccc3c2)CC1. The van der Waals surface area contributed by atoms with Gasteiger partial charge in [0.25, 0.3) is 0 Å². The molecule has 2 atom stereocenters. The number of piperidine rings is 2. The molecule has 0 N–H and O–H groups in total. The number of benzene rings is 4. The molecule has 0 radical (unpaired) electrons. The Bertz CT molecular complexity index is 2470. The van der Waals surface area contributed by atoms with Gasteiger partial charge in [-0.05, 0) is 171 Å². The van der Waals surface area contributed by atoms with Crippen LogP contribution in [-0.4, -0.2) is 69.1 Å². The number of hydrogen-bond acceptors (Lipinski definition) is 8. The molecular weight excluding hydrogens is 814 g/mol. The Morgan fingerprint density at radius 2 is 1.29 bits per heavy atom. The van der Waals surface area contributed by atoms with Gasteiger partial charge in [-0.15, -0.1) is 0 Å². The van der Waals surface area contributed by atoms with E-state index in [1.165, 1.54) is 46.0 Å². The van der Waals surface area contributed by atoms with Crippen molar-refractivity contribution in [3.05, 3.63) is 107 Å². The van der Waals surface area contributed by atoms with Crippen molar-refractivity contribution in [1.29, 1.82) is 0 Å². The summed E-state index contributed by atoms with van der Waals surface area (Å²) in [6, 6.07) is 23.5. The molecule has 4 aromatic carbocycles. The van der Waals surface area contributed by atoms with Crippen LogP contribution in [-0.2, 0) is 37.5 Å². The predicted molar refractivity (Wildman–Crippen MR) is 237 cm³/mol. The summed E-state index contributed by atoms with van der Waals surface area (Å²) in [7, 11) is -5.74. The summed E-state index contributed by atoms with van der Waals surface area (Å²) in [5, 5.41) is 3.89. The zero-order valence-electron chi connectivity index (χ0n) is 36.3. The molecule has 0 amide bonds. The van der Waals surface area contributed by atoms with E-state index in [9.17, 15) is 26.4 Å². The molecule has 4 aromatic rings. The maximum atomic E-state index is 12.8. The molecule has 4 aliphatic rings. The monoisotopic (exact) mass is 872 g/mol. The quantitative estimate of drug-likeness (QED) is 0.0568. The topological polar surface area (TPSA) is 85.4 Å². The molecule has 2 heterocycles. The zero-order valence-corrected chi connectivity index (χ0v) is 37.1. The Morgan fingerprint density at radius 3 is 1.89 bits per heavy atom. The molecule has 2 aliphatic carbocycles. The number of ether oxygens (including phenoxy) is 2. The van der Waals surface area contributed by atoms with Gasteiger partial charge in [0, 0.05) is 24.4 Å². The molecule has 2 saturated carbocycles. The molecule has 2 unspecified atom stereocenters. The molecule has 8 rings (SSSR count). The minimum atomic E-state index is -5.74. The lowest BCUT2D eigenvalue weighted by Gasteiger charge is -2.34. The maximum Gasteiger partial charge on any atom is 0.534 e. The van der Waals surface area contributed by atoms with Crippen molar-refractivity contribution < 1.29 is 40.0 Å². The van der Waals surface area contributed by atoms with E-state index >= 15 is 0 Å². The molecule has 62 heavy (non-hydrogen) atoms. The van der Waals surface area contributed by atoms with Gasteiger partial charge in [-0.2, -0.15) is 21.6 Å². The fourth-order valence-corrected chi connectivity index (χ4v) is 11.2. The van der Waals surface area contributed by atoms with Crippen LogP contribution in [0, 0.1) is 28.6 Å². The van der Waals surface area contributed by atoms with E-state index < -0.39 is 15.6 Å². The van der Waals surface area contributed by atoms with Crippen molar-refractivity contribution in [3.8, 4) is 5.75 Å². The van der Waals surface area contributed by atoms with E-state index in [0.717, 1.165) is 94.5 Å². The first kappa shape index (κ1) is 44.2. The van der Waals surface area contributed by atoms with E-state index in [2.05, 4.69) is 83.3 Å². The van der Waals surface area contributed by atoms with Gasteiger partial charge in [-0.25, -0.2) is 0 Å². The Hall–Kier alpha value is -4.39. The Morgan fingerprint density at radius 1 is 0.742 bits per heavy atom. The summed E-state index contributed by atoms with van der Waals surface area (Å²) >= 11 is 0. The molecular formula is C50H59F3N2O6S. The van der Waals surface area contributed by atoms with Crippen molar-refractivity contribution >= 4 is 43.7 Å². The second-order valence-electron chi connectivity index (χ2n) is 18.4. The van der Waals surface area contributed by atoms with Gasteiger partial charge < -0.3 is 13.7 Å². The number of nitrogens with zero attached hydrogens (tertiary/aromatic N) is 2. The first-order valence-corrected chi connectivity index (χ1v) is 23.7. The van der Waals surface area contributed by atoms with Crippen molar-refractivity contribution in [2.75, 3.05) is 39.4 Å². The van der Waals surface area contributed by atoms with Crippen molar-refractivity contribution in [1.82, 2.24) is 9.80 Å². The van der Waals surface area contributed by atoms with Crippen LogP contribution in [0.2, 0.25) is 0 Å². The summed E-state index contributed by atoms with van der Waals surface area (Å²) in [4.78, 5) is 17.1. The van der Waals surface area contributed by atoms with E-state index in [4.69, 9.17) is 9.47 Å². The van der Waals surface area contributed by atoms with Gasteiger partial charge >= 0.3 is 21.6 Å². The molecule has 8 nitrogen and oxygen atoms in total. The molecule has 2 aliphatic heterocycles. The molecule has 2 saturated heterocycles. The highest BCUT2D eigenvalue weighted by molar-refractivity contribution is 7.88. The van der Waals surface area contributed by atoms with Gasteiger partial charge in [-0.1, -0.05) is 68.0 Å². The van der Waals surface area contributed by atoms with E-state index in [-0.39, 0.29) is 28.5 Å². The van der Waals surface area contributed by atoms with Gasteiger partial charge in [0.05, 0.1) is 24.9 Å². The number of likely N-dealkylation sites (tertiary alicyclic amines) is 2. The van der Waals surface area contributed by atoms with E-state index in [1.54, 1.807) is 12.1 Å². The molecule has 0 spiro atoms. The minimum Gasteiger partial charge on any atom is -0.498 e. The molecule has 4 fully saturated rings. The highest BCUT2D eigenvalue weighted by atomic mass is 32.2. The van der Waals surface area contributed by atoms with E-state index in [1.807, 2.05) is 19.1 Å². The molecule has 12 heteroatoms. The first-order chi connectivity index (χ1) is 29.6. The lowest BCUT2D eigenvalue weighted by Crippen LogP contribution is -2.36. The maximum absolute atomic E-state index is 12.8. The number of esters is 1. The Kier molecular flexibility index (Phi) is 12.6. The fraction of sp³-hybridized carbons (Fsp3) is 0.500.